The van der Waals surface area contributed by atoms with Crippen LogP contribution in [0.2, 0.25) is 0 Å². The third-order valence-electron chi connectivity index (χ3n) is 3.62. The Hall–Kier alpha value is -1.92. The van der Waals surface area contributed by atoms with E-state index in [0.29, 0.717) is 18.7 Å². The zero-order chi connectivity index (χ0) is 13.8. The molecule has 1 fully saturated rings. The topological polar surface area (TPSA) is 108 Å². The van der Waals surface area contributed by atoms with Gasteiger partial charge in [0.15, 0.2) is 0 Å². The van der Waals surface area contributed by atoms with Gasteiger partial charge in [0.25, 0.3) is 0 Å². The Kier molecular flexibility index (Phi) is 4.13. The number of carbonyl (C=O) groups is 2. The highest BCUT2D eigenvalue weighted by Crippen LogP contribution is 2.30. The lowest BCUT2D eigenvalue weighted by Crippen LogP contribution is -2.40. The number of hydrogen-bond donors (Lipinski definition) is 3. The highest BCUT2D eigenvalue weighted by molar-refractivity contribution is 5.85. The average molecular weight is 266 g/mol. The van der Waals surface area contributed by atoms with Crippen LogP contribution in [0.3, 0.4) is 0 Å². The minimum Gasteiger partial charge on any atom is -0.481 e. The summed E-state index contributed by atoms with van der Waals surface area (Å²) in [5.74, 6) is -1.55. The van der Waals surface area contributed by atoms with E-state index in [9.17, 15) is 9.59 Å². The second kappa shape index (κ2) is 5.81. The van der Waals surface area contributed by atoms with Crippen molar-refractivity contribution in [1.29, 1.82) is 0 Å². The summed E-state index contributed by atoms with van der Waals surface area (Å²) in [6.07, 6.45) is 4.35. The summed E-state index contributed by atoms with van der Waals surface area (Å²) < 4.78 is 0. The van der Waals surface area contributed by atoms with E-state index < -0.39 is 17.8 Å². The number of rotatable bonds is 4. The predicted octanol–water partition coefficient (Wildman–Crippen LogP) is 0.873. The highest BCUT2D eigenvalue weighted by atomic mass is 16.4. The van der Waals surface area contributed by atoms with Crippen LogP contribution in [0, 0.1) is 11.8 Å². The molecule has 3 unspecified atom stereocenters. The van der Waals surface area contributed by atoms with Crippen LogP contribution >= 0.6 is 0 Å². The first-order valence-corrected chi connectivity index (χ1v) is 6.48. The summed E-state index contributed by atoms with van der Waals surface area (Å²) in [7, 11) is 0. The Morgan fingerprint density at radius 1 is 1.42 bits per heavy atom. The van der Waals surface area contributed by atoms with Gasteiger partial charge in [0.2, 0.25) is 5.91 Å². The molecule has 0 aliphatic heterocycles. The fraction of sp³-hybridized carbons (Fsp3) is 0.667. The van der Waals surface area contributed by atoms with Crippen molar-refractivity contribution < 1.29 is 14.7 Å². The molecule has 0 aromatic carbocycles. The number of H-pyrrole nitrogens is 1. The number of carbonyl (C=O) groups excluding carboxylic acids is 1. The normalized spacial score (nSPS) is 24.7. The molecule has 1 amide bonds. The van der Waals surface area contributed by atoms with Gasteiger partial charge in [0.05, 0.1) is 17.9 Å². The molecule has 1 heterocycles. The number of nitrogens with one attached hydrogen (secondary N) is 2. The summed E-state index contributed by atoms with van der Waals surface area (Å²) in [6.45, 7) is 1.79. The van der Waals surface area contributed by atoms with Crippen molar-refractivity contribution in [1.82, 2.24) is 20.5 Å². The first kappa shape index (κ1) is 13.5. The van der Waals surface area contributed by atoms with Crippen molar-refractivity contribution in [2.45, 2.75) is 38.6 Å². The van der Waals surface area contributed by atoms with Crippen molar-refractivity contribution in [3.05, 3.63) is 12.2 Å². The van der Waals surface area contributed by atoms with E-state index in [1.807, 2.05) is 0 Å². The lowest BCUT2D eigenvalue weighted by molar-refractivity contribution is -0.149. The number of aliphatic carboxylic acids is 1. The van der Waals surface area contributed by atoms with E-state index in [1.54, 1.807) is 6.92 Å². The molecule has 7 nitrogen and oxygen atoms in total. The Labute approximate surface area is 110 Å². The van der Waals surface area contributed by atoms with E-state index >= 15 is 0 Å². The van der Waals surface area contributed by atoms with E-state index in [0.717, 1.165) is 12.8 Å². The molecule has 0 radical (unpaired) electrons. The smallest absolute Gasteiger partial charge is 0.307 e. The molecule has 1 saturated carbocycles. The van der Waals surface area contributed by atoms with Crippen LogP contribution in [0.15, 0.2) is 6.33 Å². The summed E-state index contributed by atoms with van der Waals surface area (Å²) in [4.78, 5) is 27.3. The molecule has 1 aromatic heterocycles. The Morgan fingerprint density at radius 2 is 2.11 bits per heavy atom. The predicted molar refractivity (Wildman–Crippen MR) is 66.0 cm³/mol. The second-order valence-electron chi connectivity index (χ2n) is 4.94. The molecule has 0 spiro atoms. The first-order chi connectivity index (χ1) is 9.09. The minimum absolute atomic E-state index is 0.212. The molecule has 1 aliphatic carbocycles. The Morgan fingerprint density at radius 3 is 2.68 bits per heavy atom. The van der Waals surface area contributed by atoms with Gasteiger partial charge in [-0.2, -0.15) is 5.10 Å². The van der Waals surface area contributed by atoms with Gasteiger partial charge < -0.3 is 10.4 Å². The molecule has 0 bridgehead atoms. The number of amides is 1. The van der Waals surface area contributed by atoms with Crippen LogP contribution in [0.25, 0.3) is 0 Å². The third-order valence-corrected chi connectivity index (χ3v) is 3.62. The van der Waals surface area contributed by atoms with Gasteiger partial charge in [0.1, 0.15) is 12.2 Å². The molecule has 1 aliphatic rings. The van der Waals surface area contributed by atoms with Crippen LogP contribution in [0.4, 0.5) is 0 Å². The van der Waals surface area contributed by atoms with E-state index in [4.69, 9.17) is 5.11 Å². The maximum absolute atomic E-state index is 12.2. The zero-order valence-electron chi connectivity index (χ0n) is 10.8. The van der Waals surface area contributed by atoms with Gasteiger partial charge in [-0.15, -0.1) is 0 Å². The number of hydrogen-bond acceptors (Lipinski definition) is 4. The van der Waals surface area contributed by atoms with Crippen LogP contribution in [0.5, 0.6) is 0 Å². The Balaban J connectivity index is 2.00. The maximum atomic E-state index is 12.2. The summed E-state index contributed by atoms with van der Waals surface area (Å²) in [5, 5.41) is 18.4. The van der Waals surface area contributed by atoms with Gasteiger partial charge in [-0.05, 0) is 19.8 Å². The summed E-state index contributed by atoms with van der Waals surface area (Å²) >= 11 is 0. The maximum Gasteiger partial charge on any atom is 0.307 e. The molecule has 7 heteroatoms. The van der Waals surface area contributed by atoms with Crippen molar-refractivity contribution in [2.24, 2.45) is 11.8 Å². The number of aromatic nitrogens is 3. The molecule has 19 heavy (non-hydrogen) atoms. The first-order valence-electron chi connectivity index (χ1n) is 6.48. The van der Waals surface area contributed by atoms with Crippen molar-refractivity contribution in [2.75, 3.05) is 0 Å². The van der Waals surface area contributed by atoms with Crippen LogP contribution in [-0.4, -0.2) is 32.2 Å². The zero-order valence-corrected chi connectivity index (χ0v) is 10.8. The van der Waals surface area contributed by atoms with Crippen LogP contribution in [0.1, 0.15) is 44.5 Å². The number of nitrogens with zero attached hydrogens (tertiary/aromatic N) is 2. The average Bonchev–Trinajstić information content (AvgIpc) is 2.92. The lowest BCUT2D eigenvalue weighted by Gasteiger charge is -2.28. The van der Waals surface area contributed by atoms with Crippen LogP contribution < -0.4 is 5.32 Å². The van der Waals surface area contributed by atoms with Gasteiger partial charge in [-0.25, -0.2) is 4.98 Å². The van der Waals surface area contributed by atoms with E-state index in [2.05, 4.69) is 20.5 Å². The van der Waals surface area contributed by atoms with Crippen LogP contribution in [-0.2, 0) is 9.59 Å². The fourth-order valence-corrected chi connectivity index (χ4v) is 2.55. The molecule has 104 valence electrons. The van der Waals surface area contributed by atoms with Crippen molar-refractivity contribution in [3.8, 4) is 0 Å². The molecule has 2 rings (SSSR count). The lowest BCUT2D eigenvalue weighted by atomic mass is 9.78. The van der Waals surface area contributed by atoms with Gasteiger partial charge in [-0.1, -0.05) is 12.8 Å². The Bertz CT molecular complexity index is 446. The molecule has 0 saturated heterocycles. The molecular formula is C12H18N4O3. The van der Waals surface area contributed by atoms with Crippen molar-refractivity contribution in [3.63, 3.8) is 0 Å². The van der Waals surface area contributed by atoms with Crippen molar-refractivity contribution >= 4 is 11.9 Å². The largest absolute Gasteiger partial charge is 0.481 e. The summed E-state index contributed by atoms with van der Waals surface area (Å²) in [5.41, 5.74) is 0. The van der Waals surface area contributed by atoms with Gasteiger partial charge in [0, 0.05) is 0 Å². The monoisotopic (exact) mass is 266 g/mol. The highest BCUT2D eigenvalue weighted by Gasteiger charge is 2.36. The molecule has 3 atom stereocenters. The van der Waals surface area contributed by atoms with Gasteiger partial charge in [-0.3, -0.25) is 14.7 Å². The standard InChI is InChI=1S/C12H18N4O3/c1-7(10-13-6-14-16-10)15-11(17)8-4-2-3-5-9(8)12(18)19/h6-9H,2-5H2,1H3,(H,15,17)(H,18,19)(H,13,14,16). The second-order valence-corrected chi connectivity index (χ2v) is 4.94. The number of carboxylic acid groups (broad SMARTS) is 1. The third kappa shape index (κ3) is 3.10. The number of aromatic amines is 1. The van der Waals surface area contributed by atoms with E-state index in [-0.39, 0.29) is 11.9 Å². The SMILES string of the molecule is CC(NC(=O)C1CCCCC1C(=O)O)c1ncn[nH]1. The quantitative estimate of drug-likeness (QED) is 0.749. The number of carboxylic acids is 1. The molecule has 3 N–H and O–H groups in total. The fourth-order valence-electron chi connectivity index (χ4n) is 2.55. The summed E-state index contributed by atoms with van der Waals surface area (Å²) in [6, 6.07) is -0.300. The minimum atomic E-state index is -0.882. The van der Waals surface area contributed by atoms with Gasteiger partial charge >= 0.3 is 5.97 Å². The molecule has 1 aromatic rings. The molecular weight excluding hydrogens is 248 g/mol. The van der Waals surface area contributed by atoms with E-state index in [1.165, 1.54) is 6.33 Å².